The van der Waals surface area contributed by atoms with E-state index in [1.807, 2.05) is 32.9 Å². The van der Waals surface area contributed by atoms with Gasteiger partial charge in [0.25, 0.3) is 0 Å². The summed E-state index contributed by atoms with van der Waals surface area (Å²) in [5.74, 6) is 1.50. The van der Waals surface area contributed by atoms with Gasteiger partial charge in [0.15, 0.2) is 5.78 Å². The first-order valence-corrected chi connectivity index (χ1v) is 5.83. The van der Waals surface area contributed by atoms with E-state index in [1.165, 1.54) is 0 Å². The maximum absolute atomic E-state index is 11.8. The van der Waals surface area contributed by atoms with Gasteiger partial charge in [0, 0.05) is 17.0 Å². The zero-order valence-corrected chi connectivity index (χ0v) is 11.6. The molecule has 0 aliphatic carbocycles. The normalized spacial score (nSPS) is 11.6. The Hall–Kier alpha value is -1.77. The first kappa shape index (κ1) is 14.3. The summed E-state index contributed by atoms with van der Waals surface area (Å²) in [5, 5.41) is 0. The monoisotopic (exact) mass is 248 g/mol. The van der Waals surface area contributed by atoms with Crippen LogP contribution in [0.4, 0.5) is 0 Å². The molecule has 18 heavy (non-hydrogen) atoms. The van der Waals surface area contributed by atoms with E-state index in [0.717, 1.165) is 11.3 Å². The topological polar surface area (TPSA) is 35.5 Å². The van der Waals surface area contributed by atoms with Crippen LogP contribution < -0.4 is 9.47 Å². The highest BCUT2D eigenvalue weighted by Gasteiger charge is 2.18. The second-order valence-corrected chi connectivity index (χ2v) is 5.06. The number of allylic oxidation sites excluding steroid dienone is 1. The lowest BCUT2D eigenvalue weighted by atomic mass is 9.90. The molecule has 0 amide bonds. The molecule has 1 aromatic rings. The Morgan fingerprint density at radius 1 is 1.17 bits per heavy atom. The van der Waals surface area contributed by atoms with Crippen LogP contribution in [0.2, 0.25) is 0 Å². The predicted molar refractivity (Wildman–Crippen MR) is 73.0 cm³/mol. The Labute approximate surface area is 108 Å². The molecule has 1 aromatic carbocycles. The molecule has 0 radical (unpaired) electrons. The second kappa shape index (κ2) is 5.71. The predicted octanol–water partition coefficient (Wildman–Crippen LogP) is 3.33. The molecule has 0 heterocycles. The molecule has 0 aromatic heterocycles. The third-order valence-electron chi connectivity index (χ3n) is 2.59. The number of benzene rings is 1. The summed E-state index contributed by atoms with van der Waals surface area (Å²) < 4.78 is 10.4. The first-order valence-electron chi connectivity index (χ1n) is 5.83. The van der Waals surface area contributed by atoms with E-state index in [9.17, 15) is 4.79 Å². The summed E-state index contributed by atoms with van der Waals surface area (Å²) in [6, 6.07) is 5.50. The Bertz CT molecular complexity index is 453. The Morgan fingerprint density at radius 2 is 1.83 bits per heavy atom. The van der Waals surface area contributed by atoms with E-state index in [1.54, 1.807) is 32.4 Å². The smallest absolute Gasteiger partial charge is 0.161 e. The molecule has 3 nitrogen and oxygen atoms in total. The van der Waals surface area contributed by atoms with Crippen molar-refractivity contribution in [1.82, 2.24) is 0 Å². The maximum atomic E-state index is 11.8. The van der Waals surface area contributed by atoms with Crippen LogP contribution in [0, 0.1) is 5.41 Å². The number of hydrogen-bond acceptors (Lipinski definition) is 3. The summed E-state index contributed by atoms with van der Waals surface area (Å²) in [4.78, 5) is 11.8. The highest BCUT2D eigenvalue weighted by Crippen LogP contribution is 2.26. The van der Waals surface area contributed by atoms with Gasteiger partial charge in [-0.15, -0.1) is 0 Å². The molecule has 0 saturated carbocycles. The van der Waals surface area contributed by atoms with Gasteiger partial charge in [-0.3, -0.25) is 4.79 Å². The number of carbonyl (C=O) groups excluding carboxylic acids is 1. The Morgan fingerprint density at radius 3 is 2.33 bits per heavy atom. The molecule has 1 rings (SSSR count). The van der Waals surface area contributed by atoms with Crippen LogP contribution in [0.15, 0.2) is 24.3 Å². The highest BCUT2D eigenvalue weighted by molar-refractivity contribution is 5.97. The first-order chi connectivity index (χ1) is 8.38. The van der Waals surface area contributed by atoms with E-state index in [0.29, 0.717) is 5.75 Å². The van der Waals surface area contributed by atoms with Crippen molar-refractivity contribution >= 4 is 11.9 Å². The van der Waals surface area contributed by atoms with E-state index in [-0.39, 0.29) is 11.2 Å². The van der Waals surface area contributed by atoms with E-state index in [2.05, 4.69) is 0 Å². The number of methoxy groups -OCH3 is 2. The van der Waals surface area contributed by atoms with Crippen molar-refractivity contribution in [2.45, 2.75) is 20.8 Å². The lowest BCUT2D eigenvalue weighted by Crippen LogP contribution is -2.17. The van der Waals surface area contributed by atoms with Crippen molar-refractivity contribution in [2.75, 3.05) is 14.2 Å². The summed E-state index contributed by atoms with van der Waals surface area (Å²) in [7, 11) is 3.20. The van der Waals surface area contributed by atoms with Crippen molar-refractivity contribution < 1.29 is 14.3 Å². The van der Waals surface area contributed by atoms with E-state index < -0.39 is 0 Å². The Balaban J connectivity index is 2.97. The fourth-order valence-corrected chi connectivity index (χ4v) is 1.37. The molecule has 3 heteroatoms. The van der Waals surface area contributed by atoms with Gasteiger partial charge < -0.3 is 9.47 Å². The molecule has 0 N–H and O–H groups in total. The lowest BCUT2D eigenvalue weighted by Gasteiger charge is -2.13. The van der Waals surface area contributed by atoms with Gasteiger partial charge in [0.05, 0.1) is 14.2 Å². The van der Waals surface area contributed by atoms with Crippen molar-refractivity contribution in [3.8, 4) is 11.5 Å². The minimum atomic E-state index is -0.365. The summed E-state index contributed by atoms with van der Waals surface area (Å²) in [6.07, 6.45) is 3.36. The quantitative estimate of drug-likeness (QED) is 0.767. The number of carbonyl (C=O) groups is 1. The van der Waals surface area contributed by atoms with Gasteiger partial charge in [-0.1, -0.05) is 20.8 Å². The van der Waals surface area contributed by atoms with Crippen molar-refractivity contribution in [3.05, 3.63) is 29.8 Å². The standard InChI is InChI=1S/C15H20O3/c1-15(2,3)14(16)9-7-11-6-8-12(17-4)10-13(11)18-5/h6-10H,1-5H3. The van der Waals surface area contributed by atoms with Crippen LogP contribution >= 0.6 is 0 Å². The molecular weight excluding hydrogens is 228 g/mol. The van der Waals surface area contributed by atoms with Crippen molar-refractivity contribution in [1.29, 1.82) is 0 Å². The van der Waals surface area contributed by atoms with Gasteiger partial charge in [-0.2, -0.15) is 0 Å². The number of hydrogen-bond donors (Lipinski definition) is 0. The zero-order chi connectivity index (χ0) is 13.8. The highest BCUT2D eigenvalue weighted by atomic mass is 16.5. The van der Waals surface area contributed by atoms with Gasteiger partial charge >= 0.3 is 0 Å². The molecule has 0 spiro atoms. The third kappa shape index (κ3) is 3.62. The van der Waals surface area contributed by atoms with Crippen LogP contribution in [-0.4, -0.2) is 20.0 Å². The van der Waals surface area contributed by atoms with Crippen LogP contribution in [0.1, 0.15) is 26.3 Å². The largest absolute Gasteiger partial charge is 0.497 e. The van der Waals surface area contributed by atoms with Gasteiger partial charge in [-0.25, -0.2) is 0 Å². The number of ether oxygens (including phenoxy) is 2. The lowest BCUT2D eigenvalue weighted by molar-refractivity contribution is -0.121. The van der Waals surface area contributed by atoms with Gasteiger partial charge in [0.2, 0.25) is 0 Å². The SMILES string of the molecule is COc1ccc(C=CC(=O)C(C)(C)C)c(OC)c1. The fourth-order valence-electron chi connectivity index (χ4n) is 1.37. The Kier molecular flexibility index (Phi) is 4.54. The van der Waals surface area contributed by atoms with Gasteiger partial charge in [0.1, 0.15) is 11.5 Å². The molecular formula is C15H20O3. The molecule has 0 fully saturated rings. The second-order valence-electron chi connectivity index (χ2n) is 5.06. The average Bonchev–Trinajstić information content (AvgIpc) is 2.34. The fraction of sp³-hybridized carbons (Fsp3) is 0.400. The van der Waals surface area contributed by atoms with E-state index in [4.69, 9.17) is 9.47 Å². The van der Waals surface area contributed by atoms with Gasteiger partial charge in [-0.05, 0) is 24.3 Å². The van der Waals surface area contributed by atoms with Crippen molar-refractivity contribution in [2.24, 2.45) is 5.41 Å². The summed E-state index contributed by atoms with van der Waals surface area (Å²) in [6.45, 7) is 5.68. The molecule has 0 atom stereocenters. The van der Waals surface area contributed by atoms with Crippen LogP contribution in [0.3, 0.4) is 0 Å². The third-order valence-corrected chi connectivity index (χ3v) is 2.59. The summed E-state index contributed by atoms with van der Waals surface area (Å²) >= 11 is 0. The molecule has 0 saturated heterocycles. The van der Waals surface area contributed by atoms with E-state index >= 15 is 0 Å². The van der Waals surface area contributed by atoms with Crippen LogP contribution in [0.25, 0.3) is 6.08 Å². The zero-order valence-electron chi connectivity index (χ0n) is 11.6. The van der Waals surface area contributed by atoms with Crippen LogP contribution in [0.5, 0.6) is 11.5 Å². The minimum Gasteiger partial charge on any atom is -0.497 e. The summed E-state index contributed by atoms with van der Waals surface area (Å²) in [5.41, 5.74) is 0.492. The molecule has 0 aliphatic rings. The maximum Gasteiger partial charge on any atom is 0.161 e. The number of rotatable bonds is 4. The molecule has 98 valence electrons. The van der Waals surface area contributed by atoms with Crippen molar-refractivity contribution in [3.63, 3.8) is 0 Å². The molecule has 0 aliphatic heterocycles. The minimum absolute atomic E-state index is 0.0837. The van der Waals surface area contributed by atoms with Crippen LogP contribution in [-0.2, 0) is 4.79 Å². The number of ketones is 1. The molecule has 0 bridgehead atoms. The molecule has 0 unspecified atom stereocenters. The average molecular weight is 248 g/mol.